The number of aromatic nitrogens is 1. The summed E-state index contributed by atoms with van der Waals surface area (Å²) >= 11 is 0. The molecule has 0 saturated carbocycles. The predicted molar refractivity (Wildman–Crippen MR) is 71.5 cm³/mol. The average molecular weight is 278 g/mol. The predicted octanol–water partition coefficient (Wildman–Crippen LogP) is 1.35. The Balaban J connectivity index is 1.99. The van der Waals surface area contributed by atoms with E-state index in [2.05, 4.69) is 10.3 Å². The molecule has 2 aromatic rings. The standard InChI is InChI=1S/C13H14N2O3S/c1-19(17,18)11-6-4-10(5-7-11)9-15-13(16)12-3-2-8-14-12/h2-8,14H,9H2,1H3,(H,15,16). The highest BCUT2D eigenvalue weighted by Crippen LogP contribution is 2.10. The minimum absolute atomic E-state index is 0.197. The summed E-state index contributed by atoms with van der Waals surface area (Å²) in [5.41, 5.74) is 1.33. The monoisotopic (exact) mass is 278 g/mol. The number of carbonyl (C=O) groups excluding carboxylic acids is 1. The van der Waals surface area contributed by atoms with Crippen molar-refractivity contribution >= 4 is 15.7 Å². The Morgan fingerprint density at radius 2 is 1.89 bits per heavy atom. The molecule has 0 fully saturated rings. The normalized spacial score (nSPS) is 11.2. The summed E-state index contributed by atoms with van der Waals surface area (Å²) in [5, 5.41) is 2.74. The molecule has 0 aliphatic heterocycles. The van der Waals surface area contributed by atoms with Gasteiger partial charge in [0, 0.05) is 19.0 Å². The van der Waals surface area contributed by atoms with E-state index in [4.69, 9.17) is 0 Å². The van der Waals surface area contributed by atoms with E-state index in [0.29, 0.717) is 12.2 Å². The highest BCUT2D eigenvalue weighted by molar-refractivity contribution is 7.90. The number of rotatable bonds is 4. The minimum Gasteiger partial charge on any atom is -0.357 e. The number of benzene rings is 1. The molecule has 1 aromatic heterocycles. The van der Waals surface area contributed by atoms with E-state index >= 15 is 0 Å². The van der Waals surface area contributed by atoms with Gasteiger partial charge in [-0.1, -0.05) is 12.1 Å². The quantitative estimate of drug-likeness (QED) is 0.886. The number of hydrogen-bond donors (Lipinski definition) is 2. The first-order chi connectivity index (χ1) is 8.97. The molecule has 2 rings (SSSR count). The van der Waals surface area contributed by atoms with Crippen molar-refractivity contribution in [3.05, 3.63) is 53.9 Å². The van der Waals surface area contributed by atoms with Crippen molar-refractivity contribution in [1.29, 1.82) is 0 Å². The van der Waals surface area contributed by atoms with Crippen LogP contribution in [-0.4, -0.2) is 25.6 Å². The summed E-state index contributed by atoms with van der Waals surface area (Å²) in [6, 6.07) is 9.87. The van der Waals surface area contributed by atoms with E-state index in [0.717, 1.165) is 11.8 Å². The second kappa shape index (κ2) is 5.27. The Labute approximate surface area is 111 Å². The van der Waals surface area contributed by atoms with Crippen molar-refractivity contribution < 1.29 is 13.2 Å². The largest absolute Gasteiger partial charge is 0.357 e. The molecule has 0 aliphatic carbocycles. The van der Waals surface area contributed by atoms with Crippen LogP contribution in [0.5, 0.6) is 0 Å². The van der Waals surface area contributed by atoms with E-state index in [9.17, 15) is 13.2 Å². The van der Waals surface area contributed by atoms with Crippen LogP contribution in [0.3, 0.4) is 0 Å². The molecule has 100 valence electrons. The van der Waals surface area contributed by atoms with Crippen molar-refractivity contribution in [2.24, 2.45) is 0 Å². The lowest BCUT2D eigenvalue weighted by Crippen LogP contribution is -2.23. The van der Waals surface area contributed by atoms with Crippen LogP contribution < -0.4 is 5.32 Å². The third kappa shape index (κ3) is 3.45. The molecule has 0 saturated heterocycles. The highest BCUT2D eigenvalue weighted by atomic mass is 32.2. The first kappa shape index (κ1) is 13.4. The van der Waals surface area contributed by atoms with E-state index in [1.54, 1.807) is 30.5 Å². The molecular weight excluding hydrogens is 264 g/mol. The zero-order chi connectivity index (χ0) is 13.9. The summed E-state index contributed by atoms with van der Waals surface area (Å²) in [7, 11) is -3.18. The van der Waals surface area contributed by atoms with Gasteiger partial charge in [-0.15, -0.1) is 0 Å². The molecule has 0 bridgehead atoms. The van der Waals surface area contributed by atoms with Crippen LogP contribution in [0.4, 0.5) is 0 Å². The van der Waals surface area contributed by atoms with Crippen LogP contribution in [0.1, 0.15) is 16.1 Å². The zero-order valence-electron chi connectivity index (χ0n) is 10.4. The Morgan fingerprint density at radius 3 is 2.42 bits per heavy atom. The van der Waals surface area contributed by atoms with Crippen molar-refractivity contribution in [3.63, 3.8) is 0 Å². The van der Waals surface area contributed by atoms with Crippen LogP contribution in [-0.2, 0) is 16.4 Å². The maximum atomic E-state index is 11.7. The molecule has 0 spiro atoms. The van der Waals surface area contributed by atoms with Crippen LogP contribution in [0.2, 0.25) is 0 Å². The third-order valence-corrected chi connectivity index (χ3v) is 3.78. The molecule has 0 radical (unpaired) electrons. The van der Waals surface area contributed by atoms with Gasteiger partial charge in [0.05, 0.1) is 4.90 Å². The molecule has 6 heteroatoms. The van der Waals surface area contributed by atoms with Gasteiger partial charge in [0.2, 0.25) is 0 Å². The van der Waals surface area contributed by atoms with Gasteiger partial charge >= 0.3 is 0 Å². The van der Waals surface area contributed by atoms with Gasteiger partial charge in [0.15, 0.2) is 9.84 Å². The van der Waals surface area contributed by atoms with Gasteiger partial charge in [-0.3, -0.25) is 4.79 Å². The summed E-state index contributed by atoms with van der Waals surface area (Å²) in [6.07, 6.45) is 2.84. The third-order valence-electron chi connectivity index (χ3n) is 2.65. The number of sulfone groups is 1. The van der Waals surface area contributed by atoms with Crippen LogP contribution >= 0.6 is 0 Å². The number of carbonyl (C=O) groups is 1. The van der Waals surface area contributed by atoms with Gasteiger partial charge in [-0.05, 0) is 29.8 Å². The molecule has 1 amide bonds. The maximum absolute atomic E-state index is 11.7. The minimum atomic E-state index is -3.18. The summed E-state index contributed by atoms with van der Waals surface area (Å²) in [4.78, 5) is 14.7. The lowest BCUT2D eigenvalue weighted by Gasteiger charge is -2.05. The highest BCUT2D eigenvalue weighted by Gasteiger charge is 2.07. The molecule has 19 heavy (non-hydrogen) atoms. The van der Waals surface area contributed by atoms with E-state index in [1.807, 2.05) is 0 Å². The second-order valence-electron chi connectivity index (χ2n) is 4.18. The Bertz CT molecular complexity index is 658. The Morgan fingerprint density at radius 1 is 1.21 bits per heavy atom. The second-order valence-corrected chi connectivity index (χ2v) is 6.20. The van der Waals surface area contributed by atoms with Crippen molar-refractivity contribution in [3.8, 4) is 0 Å². The number of aromatic amines is 1. The van der Waals surface area contributed by atoms with Crippen molar-refractivity contribution in [2.75, 3.05) is 6.26 Å². The molecular formula is C13H14N2O3S. The van der Waals surface area contributed by atoms with Crippen LogP contribution in [0.25, 0.3) is 0 Å². The SMILES string of the molecule is CS(=O)(=O)c1ccc(CNC(=O)c2ccc[nH]2)cc1. The molecule has 1 heterocycles. The zero-order valence-corrected chi connectivity index (χ0v) is 11.2. The van der Waals surface area contributed by atoms with Gasteiger partial charge in [0.1, 0.15) is 5.69 Å². The molecule has 5 nitrogen and oxygen atoms in total. The van der Waals surface area contributed by atoms with E-state index in [1.165, 1.54) is 12.1 Å². The molecule has 0 unspecified atom stereocenters. The van der Waals surface area contributed by atoms with Gasteiger partial charge < -0.3 is 10.3 Å². The summed E-state index contributed by atoms with van der Waals surface area (Å²) in [6.45, 7) is 0.349. The first-order valence-electron chi connectivity index (χ1n) is 5.67. The van der Waals surface area contributed by atoms with Gasteiger partial charge in [-0.25, -0.2) is 8.42 Å². The molecule has 0 atom stereocenters. The van der Waals surface area contributed by atoms with Crippen molar-refractivity contribution in [1.82, 2.24) is 10.3 Å². The van der Waals surface area contributed by atoms with Gasteiger partial charge in [0.25, 0.3) is 5.91 Å². The number of H-pyrrole nitrogens is 1. The molecule has 0 aliphatic rings. The smallest absolute Gasteiger partial charge is 0.267 e. The molecule has 2 N–H and O–H groups in total. The first-order valence-corrected chi connectivity index (χ1v) is 7.56. The fraction of sp³-hybridized carbons (Fsp3) is 0.154. The lowest BCUT2D eigenvalue weighted by molar-refractivity contribution is 0.0946. The van der Waals surface area contributed by atoms with E-state index in [-0.39, 0.29) is 10.8 Å². The number of amides is 1. The summed E-state index contributed by atoms with van der Waals surface area (Å²) in [5.74, 6) is -0.197. The average Bonchev–Trinajstić information content (AvgIpc) is 2.89. The van der Waals surface area contributed by atoms with Crippen LogP contribution in [0, 0.1) is 0 Å². The fourth-order valence-electron chi connectivity index (χ4n) is 1.60. The number of nitrogens with one attached hydrogen (secondary N) is 2. The topological polar surface area (TPSA) is 79.0 Å². The van der Waals surface area contributed by atoms with E-state index < -0.39 is 9.84 Å². The lowest BCUT2D eigenvalue weighted by atomic mass is 10.2. The number of hydrogen-bond acceptors (Lipinski definition) is 3. The van der Waals surface area contributed by atoms with Gasteiger partial charge in [-0.2, -0.15) is 0 Å². The molecule has 1 aromatic carbocycles. The van der Waals surface area contributed by atoms with Crippen molar-refractivity contribution in [2.45, 2.75) is 11.4 Å². The van der Waals surface area contributed by atoms with Crippen LogP contribution in [0.15, 0.2) is 47.5 Å². The summed E-state index contributed by atoms with van der Waals surface area (Å²) < 4.78 is 22.6. The maximum Gasteiger partial charge on any atom is 0.267 e. The fourth-order valence-corrected chi connectivity index (χ4v) is 2.23. The Kier molecular flexibility index (Phi) is 3.71. The Hall–Kier alpha value is -2.08.